The second-order valence-electron chi connectivity index (χ2n) is 7.16. The number of carbonyl (C=O) groups excluding carboxylic acids is 3. The van der Waals surface area contributed by atoms with E-state index in [4.69, 9.17) is 0 Å². The maximum Gasteiger partial charge on any atom is 0.325 e. The highest BCUT2D eigenvalue weighted by Gasteiger charge is 2.04. The predicted octanol–water partition coefficient (Wildman–Crippen LogP) is 3.83. The Morgan fingerprint density at radius 2 is 1.34 bits per heavy atom. The Morgan fingerprint density at radius 3 is 1.97 bits per heavy atom. The van der Waals surface area contributed by atoms with E-state index in [0.29, 0.717) is 6.42 Å². The Hall–Kier alpha value is -2.05. The molecule has 29 heavy (non-hydrogen) atoms. The lowest BCUT2D eigenvalue weighted by atomic mass is 10.1. The molecule has 0 fully saturated rings. The van der Waals surface area contributed by atoms with Crippen molar-refractivity contribution in [1.29, 1.82) is 0 Å². The van der Waals surface area contributed by atoms with E-state index in [1.165, 1.54) is 7.11 Å². The van der Waals surface area contributed by atoms with Crippen LogP contribution in [0, 0.1) is 0 Å². The minimum Gasteiger partial charge on any atom is -0.468 e. The maximum absolute atomic E-state index is 11.5. The molecule has 0 aliphatic heterocycles. The molecule has 0 atom stereocenters. The van der Waals surface area contributed by atoms with Gasteiger partial charge in [-0.25, -0.2) is 4.79 Å². The van der Waals surface area contributed by atoms with E-state index in [2.05, 4.69) is 39.8 Å². The summed E-state index contributed by atoms with van der Waals surface area (Å²) < 4.78 is 4.47. The number of esters is 1. The van der Waals surface area contributed by atoms with Crippen LogP contribution in [-0.2, 0) is 14.3 Å². The fourth-order valence-electron chi connectivity index (χ4n) is 2.70. The van der Waals surface area contributed by atoms with Gasteiger partial charge in [-0.2, -0.15) is 0 Å². The van der Waals surface area contributed by atoms with E-state index >= 15 is 0 Å². The second kappa shape index (κ2) is 20.7. The molecule has 0 aliphatic carbocycles. The van der Waals surface area contributed by atoms with Crippen LogP contribution in [0.4, 0.5) is 4.79 Å². The number of rotatable bonds is 18. The molecule has 3 N–H and O–H groups in total. The summed E-state index contributed by atoms with van der Waals surface area (Å²) in [6.45, 7) is 3.57. The van der Waals surface area contributed by atoms with Crippen molar-refractivity contribution in [2.75, 3.05) is 26.7 Å². The number of allylic oxidation sites excluding steroid dienone is 2. The molecular weight excluding hydrogens is 370 g/mol. The van der Waals surface area contributed by atoms with Gasteiger partial charge in [-0.1, -0.05) is 44.8 Å². The van der Waals surface area contributed by atoms with Gasteiger partial charge in [-0.15, -0.1) is 0 Å². The first-order valence-corrected chi connectivity index (χ1v) is 11.1. The van der Waals surface area contributed by atoms with Crippen molar-refractivity contribution in [2.45, 2.75) is 84.0 Å². The summed E-state index contributed by atoms with van der Waals surface area (Å²) in [5, 5.41) is 8.30. The standard InChI is InChI=1S/C22H41N3O4/c1-3-4-14-17-23-22(28)24-18-15-12-10-8-6-5-7-9-11-13-16-20(26)25-19-21(27)29-2/h6,8H,3-5,7,9-19H2,1-2H3,(H,25,26)(H2,23,24,28). The molecule has 0 unspecified atom stereocenters. The highest BCUT2D eigenvalue weighted by Crippen LogP contribution is 2.06. The van der Waals surface area contributed by atoms with Crippen LogP contribution < -0.4 is 16.0 Å². The lowest BCUT2D eigenvalue weighted by molar-refractivity contribution is -0.141. The first kappa shape index (κ1) is 27.0. The average Bonchev–Trinajstić information content (AvgIpc) is 2.72. The molecule has 0 aliphatic rings. The Bertz CT molecular complexity index is 467. The van der Waals surface area contributed by atoms with Gasteiger partial charge in [0.1, 0.15) is 6.54 Å². The van der Waals surface area contributed by atoms with Crippen molar-refractivity contribution in [3.63, 3.8) is 0 Å². The van der Waals surface area contributed by atoms with Gasteiger partial charge in [-0.3, -0.25) is 9.59 Å². The maximum atomic E-state index is 11.5. The predicted molar refractivity (Wildman–Crippen MR) is 117 cm³/mol. The first-order chi connectivity index (χ1) is 14.1. The molecule has 0 bridgehead atoms. The molecule has 7 heteroatoms. The summed E-state index contributed by atoms with van der Waals surface area (Å²) in [5.74, 6) is -0.525. The lowest BCUT2D eigenvalue weighted by Crippen LogP contribution is -2.36. The van der Waals surface area contributed by atoms with Gasteiger partial charge in [0.05, 0.1) is 7.11 Å². The zero-order valence-electron chi connectivity index (χ0n) is 18.4. The van der Waals surface area contributed by atoms with E-state index in [1.807, 2.05) is 0 Å². The molecule has 0 spiro atoms. The van der Waals surface area contributed by atoms with Crippen LogP contribution in [0.15, 0.2) is 12.2 Å². The third-order valence-corrected chi connectivity index (χ3v) is 4.50. The monoisotopic (exact) mass is 411 g/mol. The van der Waals surface area contributed by atoms with Crippen LogP contribution in [0.2, 0.25) is 0 Å². The third kappa shape index (κ3) is 20.5. The van der Waals surface area contributed by atoms with E-state index in [9.17, 15) is 14.4 Å². The minimum atomic E-state index is -0.426. The Morgan fingerprint density at radius 1 is 0.759 bits per heavy atom. The summed E-state index contributed by atoms with van der Waals surface area (Å²) in [4.78, 5) is 33.9. The quantitative estimate of drug-likeness (QED) is 0.181. The molecule has 168 valence electrons. The van der Waals surface area contributed by atoms with Gasteiger partial charge >= 0.3 is 12.0 Å². The van der Waals surface area contributed by atoms with Crippen molar-refractivity contribution in [3.8, 4) is 0 Å². The SMILES string of the molecule is CCCCCNC(=O)NCCCCC=CCCCCCCC(=O)NCC(=O)OC. The molecule has 0 saturated carbocycles. The fourth-order valence-corrected chi connectivity index (χ4v) is 2.70. The summed E-state index contributed by atoms with van der Waals surface area (Å²) in [6, 6.07) is -0.0578. The summed E-state index contributed by atoms with van der Waals surface area (Å²) in [7, 11) is 1.30. The molecular formula is C22H41N3O4. The lowest BCUT2D eigenvalue weighted by Gasteiger charge is -2.06. The van der Waals surface area contributed by atoms with Crippen LogP contribution in [0.5, 0.6) is 0 Å². The number of amides is 3. The van der Waals surface area contributed by atoms with Crippen molar-refractivity contribution in [1.82, 2.24) is 16.0 Å². The fraction of sp³-hybridized carbons (Fsp3) is 0.773. The smallest absolute Gasteiger partial charge is 0.325 e. The first-order valence-electron chi connectivity index (χ1n) is 11.1. The average molecular weight is 412 g/mol. The highest BCUT2D eigenvalue weighted by atomic mass is 16.5. The largest absolute Gasteiger partial charge is 0.468 e. The van der Waals surface area contributed by atoms with Crippen molar-refractivity contribution < 1.29 is 19.1 Å². The molecule has 0 aromatic carbocycles. The van der Waals surface area contributed by atoms with Crippen LogP contribution >= 0.6 is 0 Å². The number of hydrogen-bond donors (Lipinski definition) is 3. The van der Waals surface area contributed by atoms with Crippen molar-refractivity contribution >= 4 is 17.9 Å². The number of carbonyl (C=O) groups is 3. The van der Waals surface area contributed by atoms with E-state index in [0.717, 1.165) is 83.7 Å². The number of nitrogens with one attached hydrogen (secondary N) is 3. The molecule has 0 aromatic heterocycles. The molecule has 7 nitrogen and oxygen atoms in total. The van der Waals surface area contributed by atoms with Gasteiger partial charge in [0.25, 0.3) is 0 Å². The van der Waals surface area contributed by atoms with Gasteiger partial charge < -0.3 is 20.7 Å². The molecule has 0 saturated heterocycles. The Kier molecular flexibility index (Phi) is 19.2. The Balaban J connectivity index is 3.33. The van der Waals surface area contributed by atoms with Gasteiger partial charge in [0, 0.05) is 19.5 Å². The second-order valence-corrected chi connectivity index (χ2v) is 7.16. The van der Waals surface area contributed by atoms with Crippen LogP contribution in [0.25, 0.3) is 0 Å². The number of methoxy groups -OCH3 is 1. The van der Waals surface area contributed by atoms with E-state index in [1.54, 1.807) is 0 Å². The molecule has 0 heterocycles. The van der Waals surface area contributed by atoms with Crippen LogP contribution in [0.3, 0.4) is 0 Å². The number of ether oxygens (including phenoxy) is 1. The Labute approximate surface area is 176 Å². The molecule has 3 amide bonds. The third-order valence-electron chi connectivity index (χ3n) is 4.50. The van der Waals surface area contributed by atoms with E-state index in [-0.39, 0.29) is 18.5 Å². The summed E-state index contributed by atoms with van der Waals surface area (Å²) in [6.07, 6.45) is 16.5. The van der Waals surface area contributed by atoms with Gasteiger partial charge in [-0.05, 0) is 44.9 Å². The minimum absolute atomic E-state index is 0.0531. The molecule has 0 aromatic rings. The number of urea groups is 1. The van der Waals surface area contributed by atoms with E-state index < -0.39 is 5.97 Å². The number of unbranched alkanes of at least 4 members (excludes halogenated alkanes) is 8. The van der Waals surface area contributed by atoms with Gasteiger partial charge in [0.15, 0.2) is 0 Å². The summed E-state index contributed by atoms with van der Waals surface area (Å²) >= 11 is 0. The van der Waals surface area contributed by atoms with Crippen LogP contribution in [0.1, 0.15) is 84.0 Å². The van der Waals surface area contributed by atoms with Crippen molar-refractivity contribution in [2.24, 2.45) is 0 Å². The van der Waals surface area contributed by atoms with Crippen molar-refractivity contribution in [3.05, 3.63) is 12.2 Å². The normalized spacial score (nSPS) is 10.7. The molecule has 0 radical (unpaired) electrons. The highest BCUT2D eigenvalue weighted by molar-refractivity contribution is 5.81. The number of hydrogen-bond acceptors (Lipinski definition) is 4. The zero-order chi connectivity index (χ0) is 21.6. The molecule has 0 rings (SSSR count). The van der Waals surface area contributed by atoms with Gasteiger partial charge in [0.2, 0.25) is 5.91 Å². The topological polar surface area (TPSA) is 96.5 Å². The summed E-state index contributed by atoms with van der Waals surface area (Å²) in [5.41, 5.74) is 0. The zero-order valence-corrected chi connectivity index (χ0v) is 18.4. The van der Waals surface area contributed by atoms with Crippen LogP contribution in [-0.4, -0.2) is 44.7 Å².